The van der Waals surface area contributed by atoms with E-state index in [1.54, 1.807) is 0 Å². The molecule has 2 amide bonds. The van der Waals surface area contributed by atoms with E-state index in [9.17, 15) is 9.59 Å². The molecule has 2 saturated heterocycles. The van der Waals surface area contributed by atoms with Crippen molar-refractivity contribution in [3.63, 3.8) is 0 Å². The fraction of sp³-hybridized carbons (Fsp3) is 0.467. The lowest BCUT2D eigenvalue weighted by atomic mass is 9.97. The van der Waals surface area contributed by atoms with E-state index in [0.29, 0.717) is 32.4 Å². The fourth-order valence-corrected chi connectivity index (χ4v) is 3.10. The molecule has 1 aromatic carbocycles. The van der Waals surface area contributed by atoms with E-state index in [2.05, 4.69) is 10.6 Å². The second-order valence-electron chi connectivity index (χ2n) is 5.73. The van der Waals surface area contributed by atoms with Crippen molar-refractivity contribution >= 4 is 12.0 Å². The second-order valence-corrected chi connectivity index (χ2v) is 5.73. The Hall–Kier alpha value is -2.08. The van der Waals surface area contributed by atoms with Crippen LogP contribution in [-0.4, -0.2) is 46.8 Å². The average molecular weight is 289 g/mol. The van der Waals surface area contributed by atoms with E-state index >= 15 is 0 Å². The Morgan fingerprint density at radius 3 is 2.57 bits per heavy atom. The van der Waals surface area contributed by atoms with Crippen LogP contribution in [-0.2, 0) is 11.2 Å². The summed E-state index contributed by atoms with van der Waals surface area (Å²) in [4.78, 5) is 24.5. The zero-order chi connectivity index (χ0) is 14.9. The van der Waals surface area contributed by atoms with Crippen LogP contribution in [0.15, 0.2) is 30.3 Å². The molecule has 2 aliphatic heterocycles. The van der Waals surface area contributed by atoms with Gasteiger partial charge in [-0.3, -0.25) is 10.1 Å². The molecule has 1 spiro atoms. The monoisotopic (exact) mass is 289 g/mol. The Morgan fingerprint density at radius 2 is 1.95 bits per heavy atom. The first-order valence-corrected chi connectivity index (χ1v) is 7.19. The Labute approximate surface area is 123 Å². The molecule has 1 atom stereocenters. The first-order chi connectivity index (χ1) is 10.1. The van der Waals surface area contributed by atoms with Crippen LogP contribution in [0.2, 0.25) is 0 Å². The van der Waals surface area contributed by atoms with Crippen molar-refractivity contribution in [3.05, 3.63) is 35.9 Å². The molecule has 2 heterocycles. The number of carboxylic acid groups (broad SMARTS) is 1. The molecule has 3 N–H and O–H groups in total. The van der Waals surface area contributed by atoms with Crippen LogP contribution >= 0.6 is 0 Å². The minimum atomic E-state index is -0.894. The highest BCUT2D eigenvalue weighted by Crippen LogP contribution is 2.25. The van der Waals surface area contributed by atoms with Gasteiger partial charge in [0.25, 0.3) is 0 Å². The molecule has 6 nitrogen and oxygen atoms in total. The van der Waals surface area contributed by atoms with Crippen LogP contribution in [0.4, 0.5) is 4.79 Å². The number of carbonyl (C=O) groups is 2. The Morgan fingerprint density at radius 1 is 1.29 bits per heavy atom. The van der Waals surface area contributed by atoms with Gasteiger partial charge in [0, 0.05) is 25.9 Å². The number of piperidine rings is 1. The molecule has 0 aliphatic carbocycles. The number of rotatable bonds is 2. The van der Waals surface area contributed by atoms with Gasteiger partial charge in [-0.15, -0.1) is 0 Å². The van der Waals surface area contributed by atoms with Gasteiger partial charge in [-0.05, 0) is 12.0 Å². The Bertz CT molecular complexity index is 538. The van der Waals surface area contributed by atoms with Crippen molar-refractivity contribution < 1.29 is 14.7 Å². The van der Waals surface area contributed by atoms with Crippen molar-refractivity contribution in [1.82, 2.24) is 15.5 Å². The molecule has 21 heavy (non-hydrogen) atoms. The summed E-state index contributed by atoms with van der Waals surface area (Å²) in [5.74, 6) is 0.00243. The largest absolute Gasteiger partial charge is 0.465 e. The highest BCUT2D eigenvalue weighted by molar-refractivity contribution is 5.85. The highest BCUT2D eigenvalue weighted by Gasteiger charge is 2.45. The predicted molar refractivity (Wildman–Crippen MR) is 76.8 cm³/mol. The Balaban J connectivity index is 1.64. The van der Waals surface area contributed by atoms with Gasteiger partial charge in [-0.1, -0.05) is 30.3 Å². The number of likely N-dealkylation sites (tertiary alicyclic amines) is 1. The zero-order valence-electron chi connectivity index (χ0n) is 11.7. The van der Waals surface area contributed by atoms with Crippen molar-refractivity contribution in [2.24, 2.45) is 0 Å². The van der Waals surface area contributed by atoms with E-state index in [4.69, 9.17) is 5.11 Å². The van der Waals surface area contributed by atoms with Gasteiger partial charge in [-0.2, -0.15) is 0 Å². The maximum atomic E-state index is 12.2. The molecule has 1 aromatic rings. The molecular formula is C15H19N3O3. The fourth-order valence-electron chi connectivity index (χ4n) is 3.10. The van der Waals surface area contributed by atoms with Gasteiger partial charge in [0.1, 0.15) is 0 Å². The van der Waals surface area contributed by atoms with E-state index < -0.39 is 11.8 Å². The zero-order valence-corrected chi connectivity index (χ0v) is 11.7. The first kappa shape index (κ1) is 13.9. The van der Waals surface area contributed by atoms with Gasteiger partial charge < -0.3 is 15.3 Å². The van der Waals surface area contributed by atoms with Gasteiger partial charge in [0.15, 0.2) is 0 Å². The third-order valence-electron chi connectivity index (χ3n) is 4.30. The molecule has 3 rings (SSSR count). The van der Waals surface area contributed by atoms with Crippen LogP contribution in [0.1, 0.15) is 18.4 Å². The normalized spacial score (nSPS) is 24.1. The second kappa shape index (κ2) is 5.37. The number of hydrogen-bond donors (Lipinski definition) is 3. The molecule has 0 bridgehead atoms. The van der Waals surface area contributed by atoms with Crippen LogP contribution in [0.5, 0.6) is 0 Å². The summed E-state index contributed by atoms with van der Waals surface area (Å²) >= 11 is 0. The number of nitrogens with one attached hydrogen (secondary N) is 2. The quantitative estimate of drug-likeness (QED) is 0.752. The molecule has 0 radical (unpaired) electrons. The molecule has 0 saturated carbocycles. The molecule has 0 unspecified atom stereocenters. The summed E-state index contributed by atoms with van der Waals surface area (Å²) in [6, 6.07) is 9.64. The van der Waals surface area contributed by atoms with Crippen LogP contribution in [0, 0.1) is 0 Å². The summed E-state index contributed by atoms with van der Waals surface area (Å²) in [6.45, 7) is 0.890. The number of amides is 2. The van der Waals surface area contributed by atoms with Crippen molar-refractivity contribution in [1.29, 1.82) is 0 Å². The molecule has 0 aromatic heterocycles. The van der Waals surface area contributed by atoms with Gasteiger partial charge in [-0.25, -0.2) is 4.79 Å². The van der Waals surface area contributed by atoms with Crippen LogP contribution < -0.4 is 10.6 Å². The first-order valence-electron chi connectivity index (χ1n) is 7.19. The van der Waals surface area contributed by atoms with Crippen molar-refractivity contribution in [3.8, 4) is 0 Å². The van der Waals surface area contributed by atoms with Crippen LogP contribution in [0.3, 0.4) is 0 Å². The standard InChI is InChI=1S/C15H19N3O3/c19-13-12(10-11-4-2-1-3-5-11)16-15(17-13)6-8-18(9-7-15)14(20)21/h1-5,12,16H,6-10H2,(H,17,19)(H,20,21)/t12-/m0/s1. The van der Waals surface area contributed by atoms with E-state index in [1.165, 1.54) is 4.90 Å². The van der Waals surface area contributed by atoms with Gasteiger partial charge in [0.2, 0.25) is 5.91 Å². The number of carbonyl (C=O) groups excluding carboxylic acids is 1. The molecule has 2 aliphatic rings. The summed E-state index contributed by atoms with van der Waals surface area (Å²) in [5, 5.41) is 15.4. The summed E-state index contributed by atoms with van der Waals surface area (Å²) in [6.07, 6.45) is 0.971. The Kier molecular flexibility index (Phi) is 3.55. The summed E-state index contributed by atoms with van der Waals surface area (Å²) in [5.41, 5.74) is 0.674. The molecule has 6 heteroatoms. The lowest BCUT2D eigenvalue weighted by molar-refractivity contribution is -0.121. The summed E-state index contributed by atoms with van der Waals surface area (Å²) < 4.78 is 0. The minimum Gasteiger partial charge on any atom is -0.465 e. The minimum absolute atomic E-state index is 0.00243. The van der Waals surface area contributed by atoms with E-state index in [-0.39, 0.29) is 11.9 Å². The molecular weight excluding hydrogens is 270 g/mol. The summed E-state index contributed by atoms with van der Waals surface area (Å²) in [7, 11) is 0. The maximum Gasteiger partial charge on any atom is 0.407 e. The number of hydrogen-bond acceptors (Lipinski definition) is 3. The molecule has 112 valence electrons. The number of benzene rings is 1. The third kappa shape index (κ3) is 2.85. The maximum absolute atomic E-state index is 12.2. The lowest BCUT2D eigenvalue weighted by Gasteiger charge is -2.38. The topological polar surface area (TPSA) is 81.7 Å². The molecule has 2 fully saturated rings. The predicted octanol–water partition coefficient (Wildman–Crippen LogP) is 0.787. The highest BCUT2D eigenvalue weighted by atomic mass is 16.4. The lowest BCUT2D eigenvalue weighted by Crippen LogP contribution is -2.58. The number of nitrogens with zero attached hydrogens (tertiary/aromatic N) is 1. The SMILES string of the molecule is O=C1NC2(CCN(C(=O)O)CC2)N[C@H]1Cc1ccccc1. The van der Waals surface area contributed by atoms with E-state index in [0.717, 1.165) is 5.56 Å². The van der Waals surface area contributed by atoms with Crippen molar-refractivity contribution in [2.75, 3.05) is 13.1 Å². The van der Waals surface area contributed by atoms with Gasteiger partial charge in [0.05, 0.1) is 11.7 Å². The van der Waals surface area contributed by atoms with Gasteiger partial charge >= 0.3 is 6.09 Å². The average Bonchev–Trinajstić information content (AvgIpc) is 2.76. The third-order valence-corrected chi connectivity index (χ3v) is 4.30. The van der Waals surface area contributed by atoms with E-state index in [1.807, 2.05) is 30.3 Å². The van der Waals surface area contributed by atoms with Crippen LogP contribution in [0.25, 0.3) is 0 Å². The van der Waals surface area contributed by atoms with Crippen molar-refractivity contribution in [2.45, 2.75) is 31.0 Å². The smallest absolute Gasteiger partial charge is 0.407 e.